The first kappa shape index (κ1) is 15.7. The van der Waals surface area contributed by atoms with Gasteiger partial charge in [0.1, 0.15) is 5.76 Å². The second-order valence-corrected chi connectivity index (χ2v) is 6.31. The van der Waals surface area contributed by atoms with E-state index in [0.29, 0.717) is 12.2 Å². The molecule has 108 valence electrons. The number of unbranched alkanes of at least 4 members (excludes halogenated alkanes) is 1. The number of carboxylic acid groups (broad SMARTS) is 1. The summed E-state index contributed by atoms with van der Waals surface area (Å²) in [5.74, 6) is -0.482. The Kier molecular flexibility index (Phi) is 6.04. The lowest BCUT2D eigenvalue weighted by atomic mass is 10.4. The molecule has 0 aromatic carbocycles. The molecule has 0 amide bonds. The maximum atomic E-state index is 12.1. The highest BCUT2D eigenvalue weighted by molar-refractivity contribution is 7.89. The molecule has 0 atom stereocenters. The third-order valence-corrected chi connectivity index (χ3v) is 4.54. The Morgan fingerprint density at radius 3 is 2.74 bits per heavy atom. The molecule has 0 unspecified atom stereocenters. The molecule has 0 aliphatic rings. The fraction of sp³-hybridized carbons (Fsp3) is 0.583. The Balaban J connectivity index is 2.75. The van der Waals surface area contributed by atoms with Gasteiger partial charge in [-0.1, -0.05) is 13.3 Å². The number of hydrogen-bond acceptors (Lipinski definition) is 4. The second kappa shape index (κ2) is 7.30. The van der Waals surface area contributed by atoms with Crippen molar-refractivity contribution in [3.05, 3.63) is 24.2 Å². The first-order chi connectivity index (χ1) is 8.95. The predicted octanol–water partition coefficient (Wildman–Crippen LogP) is 1.69. The van der Waals surface area contributed by atoms with Gasteiger partial charge >= 0.3 is 5.97 Å². The van der Waals surface area contributed by atoms with Crippen molar-refractivity contribution in [1.29, 1.82) is 0 Å². The van der Waals surface area contributed by atoms with Crippen molar-refractivity contribution in [1.82, 2.24) is 4.31 Å². The Morgan fingerprint density at radius 2 is 2.21 bits per heavy atom. The Bertz CT molecular complexity index is 480. The molecule has 1 aromatic heterocycles. The summed E-state index contributed by atoms with van der Waals surface area (Å²) in [6, 6.07) is 3.34. The van der Waals surface area contributed by atoms with E-state index in [0.717, 1.165) is 6.42 Å². The summed E-state index contributed by atoms with van der Waals surface area (Å²) in [6.45, 7) is 1.94. The molecule has 0 spiro atoms. The van der Waals surface area contributed by atoms with Gasteiger partial charge in [0, 0.05) is 6.54 Å². The minimum atomic E-state index is -3.45. The third-order valence-electron chi connectivity index (χ3n) is 2.64. The largest absolute Gasteiger partial charge is 0.481 e. The van der Waals surface area contributed by atoms with Gasteiger partial charge in [0.05, 0.1) is 25.0 Å². The van der Waals surface area contributed by atoms with Crippen LogP contribution in [0.1, 0.15) is 31.9 Å². The summed E-state index contributed by atoms with van der Waals surface area (Å²) in [4.78, 5) is 10.6. The van der Waals surface area contributed by atoms with Gasteiger partial charge in [0.15, 0.2) is 0 Å². The predicted molar refractivity (Wildman–Crippen MR) is 70.1 cm³/mol. The minimum Gasteiger partial charge on any atom is -0.481 e. The number of aliphatic carboxylic acids is 1. The molecule has 19 heavy (non-hydrogen) atoms. The molecule has 0 aliphatic heterocycles. The van der Waals surface area contributed by atoms with Crippen LogP contribution in [0, 0.1) is 0 Å². The zero-order chi connectivity index (χ0) is 14.3. The summed E-state index contributed by atoms with van der Waals surface area (Å²) >= 11 is 0. The van der Waals surface area contributed by atoms with Crippen molar-refractivity contribution in [2.45, 2.75) is 32.7 Å². The number of carboxylic acids is 1. The molecule has 0 radical (unpaired) electrons. The fourth-order valence-electron chi connectivity index (χ4n) is 1.57. The number of rotatable bonds is 9. The molecule has 1 heterocycles. The normalized spacial score (nSPS) is 11.9. The Hall–Kier alpha value is -1.34. The SMILES string of the molecule is CCCCS(=O)(=O)N(CCC(=O)O)Cc1ccco1. The second-order valence-electron chi connectivity index (χ2n) is 4.23. The highest BCUT2D eigenvalue weighted by Crippen LogP contribution is 2.12. The van der Waals surface area contributed by atoms with Crippen molar-refractivity contribution in [3.8, 4) is 0 Å². The molecule has 0 fully saturated rings. The lowest BCUT2D eigenvalue weighted by molar-refractivity contribution is -0.137. The molecular formula is C12H19NO5S. The minimum absolute atomic E-state index is 0.0316. The topological polar surface area (TPSA) is 87.8 Å². The summed E-state index contributed by atoms with van der Waals surface area (Å²) in [5, 5.41) is 8.69. The lowest BCUT2D eigenvalue weighted by Crippen LogP contribution is -2.34. The molecule has 0 saturated carbocycles. The number of hydrogen-bond donors (Lipinski definition) is 1. The van der Waals surface area contributed by atoms with E-state index < -0.39 is 16.0 Å². The van der Waals surface area contributed by atoms with Crippen molar-refractivity contribution < 1.29 is 22.7 Å². The van der Waals surface area contributed by atoms with Crippen LogP contribution < -0.4 is 0 Å². The van der Waals surface area contributed by atoms with E-state index in [1.54, 1.807) is 12.1 Å². The zero-order valence-corrected chi connectivity index (χ0v) is 11.7. The fourth-order valence-corrected chi connectivity index (χ4v) is 3.17. The van der Waals surface area contributed by atoms with Crippen LogP contribution in [0.2, 0.25) is 0 Å². The maximum Gasteiger partial charge on any atom is 0.304 e. The molecule has 1 aromatic rings. The molecule has 6 nitrogen and oxygen atoms in total. The van der Waals surface area contributed by atoms with Crippen LogP contribution in [0.25, 0.3) is 0 Å². The molecule has 0 bridgehead atoms. The molecule has 1 N–H and O–H groups in total. The van der Waals surface area contributed by atoms with Gasteiger partial charge in [-0.05, 0) is 18.6 Å². The van der Waals surface area contributed by atoms with Crippen LogP contribution in [-0.4, -0.2) is 36.1 Å². The maximum absolute atomic E-state index is 12.1. The average Bonchev–Trinajstić information content (AvgIpc) is 2.84. The molecule has 0 aliphatic carbocycles. The van der Waals surface area contributed by atoms with Gasteiger partial charge in [-0.15, -0.1) is 0 Å². The van der Waals surface area contributed by atoms with E-state index in [-0.39, 0.29) is 25.3 Å². The van der Waals surface area contributed by atoms with Gasteiger partial charge in [0.25, 0.3) is 0 Å². The lowest BCUT2D eigenvalue weighted by Gasteiger charge is -2.20. The van der Waals surface area contributed by atoms with E-state index in [2.05, 4.69) is 0 Å². The van der Waals surface area contributed by atoms with E-state index in [1.807, 2.05) is 6.92 Å². The van der Waals surface area contributed by atoms with Crippen LogP contribution in [-0.2, 0) is 21.4 Å². The molecule has 1 rings (SSSR count). The zero-order valence-electron chi connectivity index (χ0n) is 10.9. The quantitative estimate of drug-likeness (QED) is 0.747. The van der Waals surface area contributed by atoms with Gasteiger partial charge in [0.2, 0.25) is 10.0 Å². The third kappa shape index (κ3) is 5.44. The van der Waals surface area contributed by atoms with Crippen LogP contribution in [0.4, 0.5) is 0 Å². The van der Waals surface area contributed by atoms with E-state index in [9.17, 15) is 13.2 Å². The number of furan rings is 1. The van der Waals surface area contributed by atoms with Crippen molar-refractivity contribution in [2.75, 3.05) is 12.3 Å². The summed E-state index contributed by atoms with van der Waals surface area (Å²) in [6.07, 6.45) is 2.58. The highest BCUT2D eigenvalue weighted by Gasteiger charge is 2.23. The van der Waals surface area contributed by atoms with E-state index >= 15 is 0 Å². The highest BCUT2D eigenvalue weighted by atomic mass is 32.2. The van der Waals surface area contributed by atoms with E-state index in [1.165, 1.54) is 10.6 Å². The Morgan fingerprint density at radius 1 is 1.47 bits per heavy atom. The van der Waals surface area contributed by atoms with Crippen molar-refractivity contribution in [2.24, 2.45) is 0 Å². The monoisotopic (exact) mass is 289 g/mol. The van der Waals surface area contributed by atoms with Gasteiger partial charge < -0.3 is 9.52 Å². The smallest absolute Gasteiger partial charge is 0.304 e. The van der Waals surface area contributed by atoms with Crippen LogP contribution >= 0.6 is 0 Å². The van der Waals surface area contributed by atoms with Crippen molar-refractivity contribution >= 4 is 16.0 Å². The van der Waals surface area contributed by atoms with Crippen LogP contribution in [0.15, 0.2) is 22.8 Å². The summed E-state index contributed by atoms with van der Waals surface area (Å²) < 4.78 is 30.5. The number of carbonyl (C=O) groups is 1. The Labute approximate surface area is 113 Å². The molecule has 0 saturated heterocycles. The molecular weight excluding hydrogens is 270 g/mol. The standard InChI is InChI=1S/C12H19NO5S/c1-2-3-9-19(16,17)13(7-6-12(14)15)10-11-5-4-8-18-11/h4-5,8H,2-3,6-7,9-10H2,1H3,(H,14,15). The van der Waals surface area contributed by atoms with Gasteiger partial charge in [-0.2, -0.15) is 4.31 Å². The number of nitrogens with zero attached hydrogens (tertiary/aromatic N) is 1. The van der Waals surface area contributed by atoms with Gasteiger partial charge in [-0.25, -0.2) is 8.42 Å². The number of sulfonamides is 1. The average molecular weight is 289 g/mol. The van der Waals surface area contributed by atoms with E-state index in [4.69, 9.17) is 9.52 Å². The molecule has 7 heteroatoms. The first-order valence-corrected chi connectivity index (χ1v) is 7.78. The van der Waals surface area contributed by atoms with Crippen molar-refractivity contribution in [3.63, 3.8) is 0 Å². The summed E-state index contributed by atoms with van der Waals surface area (Å²) in [5.41, 5.74) is 0. The summed E-state index contributed by atoms with van der Waals surface area (Å²) in [7, 11) is -3.45. The van der Waals surface area contributed by atoms with Crippen LogP contribution in [0.3, 0.4) is 0 Å². The van der Waals surface area contributed by atoms with Crippen LogP contribution in [0.5, 0.6) is 0 Å². The first-order valence-electron chi connectivity index (χ1n) is 6.17. The van der Waals surface area contributed by atoms with Gasteiger partial charge in [-0.3, -0.25) is 4.79 Å².